The number of amides is 1. The first kappa shape index (κ1) is 17.4. The molecule has 4 N–H and O–H groups in total. The Labute approximate surface area is 122 Å². The molecule has 20 heavy (non-hydrogen) atoms. The van der Waals surface area contributed by atoms with E-state index in [0.29, 0.717) is 25.6 Å². The second kappa shape index (κ2) is 9.28. The van der Waals surface area contributed by atoms with E-state index in [4.69, 9.17) is 0 Å². The van der Waals surface area contributed by atoms with Gasteiger partial charge in [0.1, 0.15) is 0 Å². The van der Waals surface area contributed by atoms with Crippen LogP contribution in [-0.4, -0.2) is 74.9 Å². The zero-order valence-electron chi connectivity index (χ0n) is 13.0. The van der Waals surface area contributed by atoms with Gasteiger partial charge in [0.2, 0.25) is 5.91 Å². The second-order valence-electron chi connectivity index (χ2n) is 5.67. The lowest BCUT2D eigenvalue weighted by molar-refractivity contribution is -0.125. The van der Waals surface area contributed by atoms with E-state index in [0.717, 1.165) is 25.8 Å². The van der Waals surface area contributed by atoms with Gasteiger partial charge in [-0.3, -0.25) is 9.69 Å². The third kappa shape index (κ3) is 5.75. The monoisotopic (exact) mass is 286 g/mol. The van der Waals surface area contributed by atoms with Crippen molar-refractivity contribution in [3.63, 3.8) is 0 Å². The maximum atomic E-state index is 12.1. The zero-order chi connectivity index (χ0) is 15.0. The van der Waals surface area contributed by atoms with Gasteiger partial charge < -0.3 is 21.1 Å². The molecule has 0 radical (unpaired) electrons. The van der Waals surface area contributed by atoms with Gasteiger partial charge in [-0.15, -0.1) is 0 Å². The first-order chi connectivity index (χ1) is 9.58. The molecule has 6 nitrogen and oxygen atoms in total. The van der Waals surface area contributed by atoms with Gasteiger partial charge in [0, 0.05) is 19.1 Å². The maximum absolute atomic E-state index is 12.1. The summed E-state index contributed by atoms with van der Waals surface area (Å²) in [5, 5.41) is 19.0. The van der Waals surface area contributed by atoms with E-state index in [1.54, 1.807) is 0 Å². The highest BCUT2D eigenvalue weighted by atomic mass is 16.3. The number of unbranched alkanes of at least 4 members (excludes halogenated alkanes) is 1. The summed E-state index contributed by atoms with van der Waals surface area (Å²) in [5.74, 6) is 0.0273. The van der Waals surface area contributed by atoms with E-state index in [1.807, 2.05) is 26.0 Å². The molecule has 1 amide bonds. The van der Waals surface area contributed by atoms with Crippen molar-refractivity contribution in [2.24, 2.45) is 0 Å². The smallest absolute Gasteiger partial charge is 0.237 e. The predicted molar refractivity (Wildman–Crippen MR) is 80.7 cm³/mol. The average Bonchev–Trinajstić information content (AvgIpc) is 2.76. The molecule has 0 aromatic heterocycles. The van der Waals surface area contributed by atoms with E-state index < -0.39 is 0 Å². The van der Waals surface area contributed by atoms with Crippen LogP contribution in [0.5, 0.6) is 0 Å². The van der Waals surface area contributed by atoms with E-state index in [2.05, 4.69) is 16.0 Å². The van der Waals surface area contributed by atoms with Crippen molar-refractivity contribution in [3.05, 3.63) is 0 Å². The molecule has 1 aliphatic heterocycles. The number of hydrogen-bond acceptors (Lipinski definition) is 5. The molecule has 0 aromatic rings. The summed E-state index contributed by atoms with van der Waals surface area (Å²) >= 11 is 0. The van der Waals surface area contributed by atoms with Gasteiger partial charge in [-0.2, -0.15) is 0 Å². The topological polar surface area (TPSA) is 76.6 Å². The lowest BCUT2D eigenvalue weighted by Gasteiger charge is -2.21. The molecule has 6 heteroatoms. The minimum absolute atomic E-state index is 0.0273. The quantitative estimate of drug-likeness (QED) is 0.415. The number of aliphatic hydroxyl groups excluding tert-OH is 1. The lowest BCUT2D eigenvalue weighted by atomic mass is 10.1. The van der Waals surface area contributed by atoms with E-state index >= 15 is 0 Å². The third-order valence-corrected chi connectivity index (χ3v) is 3.99. The molecule has 0 bridgehead atoms. The summed E-state index contributed by atoms with van der Waals surface area (Å²) < 4.78 is 0. The molecule has 1 fully saturated rings. The highest BCUT2D eigenvalue weighted by molar-refractivity contribution is 5.82. The van der Waals surface area contributed by atoms with Crippen LogP contribution in [0.2, 0.25) is 0 Å². The molecule has 1 rings (SSSR count). The Morgan fingerprint density at radius 2 is 2.15 bits per heavy atom. The van der Waals surface area contributed by atoms with Crippen LogP contribution in [0.3, 0.4) is 0 Å². The standard InChI is InChI=1S/C14H30N4O2/c1-15-7-5-4-6-11(16-2)9-17-14(20)13-8-12(19)10-18(13)3/h11-13,15-16,19H,4-10H2,1-3H3,(H,17,20)/t11-,12+,13-/m0/s1. The van der Waals surface area contributed by atoms with E-state index in [1.165, 1.54) is 0 Å². The molecule has 0 aliphatic carbocycles. The summed E-state index contributed by atoms with van der Waals surface area (Å²) in [6.45, 7) is 2.26. The van der Waals surface area contributed by atoms with Crippen LogP contribution in [0.1, 0.15) is 25.7 Å². The van der Waals surface area contributed by atoms with Gasteiger partial charge in [-0.25, -0.2) is 0 Å². The number of carbonyl (C=O) groups excluding carboxylic acids is 1. The number of hydrogen-bond donors (Lipinski definition) is 4. The number of nitrogens with zero attached hydrogens (tertiary/aromatic N) is 1. The summed E-state index contributed by atoms with van der Waals surface area (Å²) in [5.41, 5.74) is 0. The highest BCUT2D eigenvalue weighted by Gasteiger charge is 2.33. The van der Waals surface area contributed by atoms with Crippen molar-refractivity contribution in [1.82, 2.24) is 20.9 Å². The molecule has 0 spiro atoms. The molecule has 0 aromatic carbocycles. The van der Waals surface area contributed by atoms with Crippen LogP contribution >= 0.6 is 0 Å². The Hall–Kier alpha value is -0.690. The minimum Gasteiger partial charge on any atom is -0.392 e. The number of β-amino-alcohol motifs (C(OH)–C–C–N with tert-alkyl or cyclic N) is 1. The van der Waals surface area contributed by atoms with E-state index in [-0.39, 0.29) is 18.1 Å². The highest BCUT2D eigenvalue weighted by Crippen LogP contribution is 2.15. The second-order valence-corrected chi connectivity index (χ2v) is 5.67. The van der Waals surface area contributed by atoms with Gasteiger partial charge in [0.25, 0.3) is 0 Å². The number of likely N-dealkylation sites (tertiary alicyclic amines) is 1. The molecule has 0 saturated carbocycles. The van der Waals surface area contributed by atoms with Crippen LogP contribution < -0.4 is 16.0 Å². The minimum atomic E-state index is -0.377. The summed E-state index contributed by atoms with van der Waals surface area (Å²) in [6.07, 6.45) is 3.51. The van der Waals surface area contributed by atoms with Crippen molar-refractivity contribution in [2.75, 3.05) is 40.8 Å². The Bertz CT molecular complexity index is 288. The Kier molecular flexibility index (Phi) is 8.06. The molecular formula is C14H30N4O2. The van der Waals surface area contributed by atoms with Crippen molar-refractivity contribution in [1.29, 1.82) is 0 Å². The number of likely N-dealkylation sites (N-methyl/N-ethyl adjacent to an activating group) is 2. The zero-order valence-corrected chi connectivity index (χ0v) is 13.0. The largest absolute Gasteiger partial charge is 0.392 e. The average molecular weight is 286 g/mol. The van der Waals surface area contributed by atoms with Crippen LogP contribution in [-0.2, 0) is 4.79 Å². The molecular weight excluding hydrogens is 256 g/mol. The predicted octanol–water partition coefficient (Wildman–Crippen LogP) is -0.855. The normalized spacial score (nSPS) is 24.8. The number of aliphatic hydroxyl groups is 1. The Balaban J connectivity index is 2.24. The lowest BCUT2D eigenvalue weighted by Crippen LogP contribution is -2.46. The summed E-state index contributed by atoms with van der Waals surface area (Å²) in [7, 11) is 5.77. The molecule has 1 heterocycles. The molecule has 1 aliphatic rings. The fourth-order valence-corrected chi connectivity index (χ4v) is 2.66. The molecule has 0 unspecified atom stereocenters. The number of carbonyl (C=O) groups is 1. The number of nitrogens with one attached hydrogen (secondary N) is 3. The van der Waals surface area contributed by atoms with Crippen LogP contribution in [0, 0.1) is 0 Å². The van der Waals surface area contributed by atoms with E-state index in [9.17, 15) is 9.90 Å². The van der Waals surface area contributed by atoms with Gasteiger partial charge in [-0.05, 0) is 47.0 Å². The first-order valence-corrected chi connectivity index (χ1v) is 7.56. The van der Waals surface area contributed by atoms with Crippen molar-refractivity contribution < 1.29 is 9.90 Å². The Morgan fingerprint density at radius 1 is 1.40 bits per heavy atom. The summed E-state index contributed by atoms with van der Waals surface area (Å²) in [4.78, 5) is 14.0. The van der Waals surface area contributed by atoms with Crippen LogP contribution in [0.15, 0.2) is 0 Å². The van der Waals surface area contributed by atoms with Crippen LogP contribution in [0.4, 0.5) is 0 Å². The fourth-order valence-electron chi connectivity index (χ4n) is 2.66. The van der Waals surface area contributed by atoms with Crippen molar-refractivity contribution in [2.45, 2.75) is 43.9 Å². The number of rotatable bonds is 9. The Morgan fingerprint density at radius 3 is 2.70 bits per heavy atom. The molecule has 118 valence electrons. The molecule has 3 atom stereocenters. The van der Waals surface area contributed by atoms with Gasteiger partial charge >= 0.3 is 0 Å². The van der Waals surface area contributed by atoms with Crippen molar-refractivity contribution in [3.8, 4) is 0 Å². The summed E-state index contributed by atoms with van der Waals surface area (Å²) in [6, 6.07) is 0.124. The van der Waals surface area contributed by atoms with Gasteiger partial charge in [0.15, 0.2) is 0 Å². The van der Waals surface area contributed by atoms with Crippen LogP contribution in [0.25, 0.3) is 0 Å². The fraction of sp³-hybridized carbons (Fsp3) is 0.929. The third-order valence-electron chi connectivity index (χ3n) is 3.99. The SMILES string of the molecule is CNCCCC[C@@H](CNC(=O)[C@@H]1C[C@@H](O)CN1C)NC. The molecule has 1 saturated heterocycles. The maximum Gasteiger partial charge on any atom is 0.237 e. The van der Waals surface area contributed by atoms with Gasteiger partial charge in [0.05, 0.1) is 12.1 Å². The first-order valence-electron chi connectivity index (χ1n) is 7.56. The van der Waals surface area contributed by atoms with Crippen molar-refractivity contribution >= 4 is 5.91 Å². The van der Waals surface area contributed by atoms with Gasteiger partial charge in [-0.1, -0.05) is 6.42 Å².